The van der Waals surface area contributed by atoms with E-state index < -0.39 is 28.0 Å². The molecule has 0 saturated heterocycles. The molecular weight excluding hydrogens is 436 g/mol. The van der Waals surface area contributed by atoms with Crippen molar-refractivity contribution < 1.29 is 32.2 Å². The summed E-state index contributed by atoms with van der Waals surface area (Å²) < 4.78 is 42.5. The highest BCUT2D eigenvalue weighted by molar-refractivity contribution is 7.89. The molecule has 0 fully saturated rings. The number of rotatable bonds is 9. The van der Waals surface area contributed by atoms with Gasteiger partial charge in [0.1, 0.15) is 0 Å². The topological polar surface area (TPSA) is 111 Å². The third-order valence-electron chi connectivity index (χ3n) is 4.97. The molecule has 1 unspecified atom stereocenters. The number of esters is 1. The molecule has 1 heterocycles. The fourth-order valence-electron chi connectivity index (χ4n) is 3.16. The van der Waals surface area contributed by atoms with Gasteiger partial charge < -0.3 is 19.5 Å². The fraction of sp³-hybridized carbons (Fsp3) is 0.364. The van der Waals surface area contributed by atoms with Gasteiger partial charge in [-0.3, -0.25) is 4.79 Å². The zero-order valence-electron chi connectivity index (χ0n) is 18.2. The highest BCUT2D eigenvalue weighted by atomic mass is 32.2. The number of hydrogen-bond donors (Lipinski definition) is 1. The monoisotopic (exact) mass is 462 g/mol. The Labute approximate surface area is 187 Å². The Morgan fingerprint density at radius 2 is 1.81 bits per heavy atom. The standard InChI is InChI=1S/C22H26N2O7S/c1-4-24(5-2)32(27,28)18-8-6-7-17(12-18)22(26)31-15(3)21(25)23-13-16-9-10-19-20(11-16)30-14-29-19/h6-12,15H,4-5,13-14H2,1-3H3,(H,23,25). The third-order valence-corrected chi connectivity index (χ3v) is 7.02. The van der Waals surface area contributed by atoms with Crippen LogP contribution in [-0.2, 0) is 26.1 Å². The molecule has 3 rings (SSSR count). The first-order chi connectivity index (χ1) is 15.3. The molecule has 9 nitrogen and oxygen atoms in total. The second-order valence-electron chi connectivity index (χ2n) is 7.07. The Morgan fingerprint density at radius 1 is 1.09 bits per heavy atom. The number of hydrogen-bond acceptors (Lipinski definition) is 7. The van der Waals surface area contributed by atoms with Gasteiger partial charge in [-0.25, -0.2) is 13.2 Å². The van der Waals surface area contributed by atoms with E-state index in [0.29, 0.717) is 24.6 Å². The number of nitrogens with one attached hydrogen (secondary N) is 1. The lowest BCUT2D eigenvalue weighted by Gasteiger charge is -2.19. The maximum atomic E-state index is 12.7. The Hall–Kier alpha value is -3.11. The molecule has 0 aromatic heterocycles. The van der Waals surface area contributed by atoms with Gasteiger partial charge in [-0.2, -0.15) is 4.31 Å². The van der Waals surface area contributed by atoms with Gasteiger partial charge in [-0.15, -0.1) is 0 Å². The van der Waals surface area contributed by atoms with Crippen molar-refractivity contribution in [2.45, 2.75) is 38.3 Å². The predicted molar refractivity (Wildman–Crippen MR) is 116 cm³/mol. The van der Waals surface area contributed by atoms with Gasteiger partial charge in [-0.1, -0.05) is 26.0 Å². The van der Waals surface area contributed by atoms with E-state index in [0.717, 1.165) is 5.56 Å². The van der Waals surface area contributed by atoms with E-state index in [2.05, 4.69) is 5.32 Å². The smallest absolute Gasteiger partial charge is 0.338 e. The first kappa shape index (κ1) is 23.6. The lowest BCUT2D eigenvalue weighted by atomic mass is 10.2. The summed E-state index contributed by atoms with van der Waals surface area (Å²) in [6.07, 6.45) is -1.07. The minimum absolute atomic E-state index is 0.00411. The van der Waals surface area contributed by atoms with Crippen molar-refractivity contribution in [2.24, 2.45) is 0 Å². The van der Waals surface area contributed by atoms with Crippen LogP contribution < -0.4 is 14.8 Å². The zero-order valence-corrected chi connectivity index (χ0v) is 19.0. The third kappa shape index (κ3) is 5.20. The molecule has 32 heavy (non-hydrogen) atoms. The van der Waals surface area contributed by atoms with E-state index in [1.807, 2.05) is 0 Å². The van der Waals surface area contributed by atoms with Crippen LogP contribution in [0.1, 0.15) is 36.7 Å². The normalized spacial score (nSPS) is 13.6. The second-order valence-corrected chi connectivity index (χ2v) is 9.01. The molecule has 1 aliphatic rings. The average molecular weight is 463 g/mol. The number of amides is 1. The number of fused-ring (bicyclic) bond motifs is 1. The van der Waals surface area contributed by atoms with Gasteiger partial charge in [0.25, 0.3) is 5.91 Å². The summed E-state index contributed by atoms with van der Waals surface area (Å²) in [5.74, 6) is -0.0151. The van der Waals surface area contributed by atoms with Crippen LogP contribution in [0.2, 0.25) is 0 Å². The zero-order chi connectivity index (χ0) is 23.3. The van der Waals surface area contributed by atoms with Crippen LogP contribution in [0.3, 0.4) is 0 Å². The highest BCUT2D eigenvalue weighted by Crippen LogP contribution is 2.32. The number of benzene rings is 2. The molecule has 1 atom stereocenters. The maximum Gasteiger partial charge on any atom is 0.338 e. The van der Waals surface area contributed by atoms with Crippen molar-refractivity contribution in [3.8, 4) is 11.5 Å². The van der Waals surface area contributed by atoms with Crippen molar-refractivity contribution in [1.29, 1.82) is 0 Å². The van der Waals surface area contributed by atoms with Gasteiger partial charge in [0.05, 0.1) is 10.5 Å². The average Bonchev–Trinajstić information content (AvgIpc) is 3.26. The van der Waals surface area contributed by atoms with Gasteiger partial charge >= 0.3 is 5.97 Å². The molecule has 0 bridgehead atoms. The lowest BCUT2D eigenvalue weighted by molar-refractivity contribution is -0.129. The van der Waals surface area contributed by atoms with Crippen molar-refractivity contribution in [2.75, 3.05) is 19.9 Å². The van der Waals surface area contributed by atoms with Crippen LogP contribution in [0.5, 0.6) is 11.5 Å². The Balaban J connectivity index is 1.61. The number of nitrogens with zero attached hydrogens (tertiary/aromatic N) is 1. The van der Waals surface area contributed by atoms with Crippen molar-refractivity contribution >= 4 is 21.9 Å². The summed E-state index contributed by atoms with van der Waals surface area (Å²) in [6.45, 7) is 5.93. The quantitative estimate of drug-likeness (QED) is 0.569. The van der Waals surface area contributed by atoms with E-state index in [1.54, 1.807) is 32.0 Å². The van der Waals surface area contributed by atoms with Crippen LogP contribution in [0, 0.1) is 0 Å². The molecule has 1 amide bonds. The number of carbonyl (C=O) groups is 2. The van der Waals surface area contributed by atoms with Crippen LogP contribution in [0.25, 0.3) is 0 Å². The van der Waals surface area contributed by atoms with Crippen LogP contribution in [0.15, 0.2) is 47.4 Å². The molecule has 1 N–H and O–H groups in total. The summed E-state index contributed by atoms with van der Waals surface area (Å²) in [6, 6.07) is 10.9. The van der Waals surface area contributed by atoms with Crippen molar-refractivity contribution in [1.82, 2.24) is 9.62 Å². The second kappa shape index (κ2) is 10.0. The summed E-state index contributed by atoms with van der Waals surface area (Å²) in [4.78, 5) is 24.9. The highest BCUT2D eigenvalue weighted by Gasteiger charge is 2.24. The number of carbonyl (C=O) groups excluding carboxylic acids is 2. The summed E-state index contributed by atoms with van der Waals surface area (Å²) in [7, 11) is -3.72. The lowest BCUT2D eigenvalue weighted by Crippen LogP contribution is -2.35. The van der Waals surface area contributed by atoms with Gasteiger partial charge in [0, 0.05) is 19.6 Å². The Morgan fingerprint density at radius 3 is 2.53 bits per heavy atom. The van der Waals surface area contributed by atoms with E-state index in [-0.39, 0.29) is 23.8 Å². The molecule has 172 valence electrons. The summed E-state index contributed by atoms with van der Waals surface area (Å²) in [5.41, 5.74) is 0.851. The SMILES string of the molecule is CCN(CC)S(=O)(=O)c1cccc(C(=O)OC(C)C(=O)NCc2ccc3c(c2)OCO3)c1. The van der Waals surface area contributed by atoms with E-state index in [9.17, 15) is 18.0 Å². The molecule has 0 saturated carbocycles. The summed E-state index contributed by atoms with van der Waals surface area (Å²) >= 11 is 0. The van der Waals surface area contributed by atoms with Crippen LogP contribution in [-0.4, -0.2) is 50.6 Å². The molecular formula is C22H26N2O7S. The van der Waals surface area contributed by atoms with Gasteiger partial charge in [0.15, 0.2) is 17.6 Å². The molecule has 2 aromatic carbocycles. The Bertz CT molecular complexity index is 1100. The first-order valence-electron chi connectivity index (χ1n) is 10.2. The molecule has 2 aromatic rings. The van der Waals surface area contributed by atoms with E-state index in [4.69, 9.17) is 14.2 Å². The van der Waals surface area contributed by atoms with Gasteiger partial charge in [-0.05, 0) is 42.8 Å². The molecule has 1 aliphatic heterocycles. The van der Waals surface area contributed by atoms with Gasteiger partial charge in [0.2, 0.25) is 16.8 Å². The summed E-state index contributed by atoms with van der Waals surface area (Å²) in [5, 5.41) is 2.70. The number of ether oxygens (including phenoxy) is 3. The van der Waals surface area contributed by atoms with Crippen LogP contribution >= 0.6 is 0 Å². The minimum atomic E-state index is -3.72. The maximum absolute atomic E-state index is 12.7. The van der Waals surface area contributed by atoms with Crippen molar-refractivity contribution in [3.63, 3.8) is 0 Å². The number of sulfonamides is 1. The van der Waals surface area contributed by atoms with E-state index >= 15 is 0 Å². The predicted octanol–water partition coefficient (Wildman–Crippen LogP) is 2.31. The molecule has 0 spiro atoms. The first-order valence-corrected chi connectivity index (χ1v) is 11.7. The van der Waals surface area contributed by atoms with Crippen molar-refractivity contribution in [3.05, 3.63) is 53.6 Å². The molecule has 0 aliphatic carbocycles. The molecule has 0 radical (unpaired) electrons. The van der Waals surface area contributed by atoms with E-state index in [1.165, 1.54) is 35.5 Å². The fourth-order valence-corrected chi connectivity index (χ4v) is 4.67. The largest absolute Gasteiger partial charge is 0.454 e. The Kier molecular flexibility index (Phi) is 7.37. The van der Waals surface area contributed by atoms with Crippen LogP contribution in [0.4, 0.5) is 0 Å². The molecule has 10 heteroatoms. The minimum Gasteiger partial charge on any atom is -0.454 e.